The lowest BCUT2D eigenvalue weighted by Gasteiger charge is -2.33. The minimum Gasteiger partial charge on any atom is -0.349 e. The normalized spacial score (nSPS) is 25.9. The predicted octanol–water partition coefficient (Wildman–Crippen LogP) is 2.30. The van der Waals surface area contributed by atoms with Gasteiger partial charge in [-0.1, -0.05) is 11.3 Å². The van der Waals surface area contributed by atoms with Crippen molar-refractivity contribution in [1.29, 1.82) is 0 Å². The summed E-state index contributed by atoms with van der Waals surface area (Å²) in [5, 5.41) is 10.6. The number of nitrogens with zero attached hydrogens (tertiary/aromatic N) is 3. The minimum atomic E-state index is 0.407. The van der Waals surface area contributed by atoms with Crippen LogP contribution in [0, 0.1) is 12.8 Å². The molecule has 0 radical (unpaired) electrons. The van der Waals surface area contributed by atoms with Gasteiger partial charge in [-0.15, -0.1) is 21.8 Å². The molecule has 0 unspecified atom stereocenters. The van der Waals surface area contributed by atoms with Gasteiger partial charge in [-0.25, -0.2) is 0 Å². The topological polar surface area (TPSA) is 29.0 Å². The second-order valence-electron chi connectivity index (χ2n) is 3.92. The highest BCUT2D eigenvalue weighted by Crippen LogP contribution is 2.33. The van der Waals surface area contributed by atoms with Gasteiger partial charge in [0.25, 0.3) is 0 Å². The van der Waals surface area contributed by atoms with Crippen molar-refractivity contribution >= 4 is 28.1 Å². The third-order valence-electron chi connectivity index (χ3n) is 2.55. The molecule has 1 heterocycles. The molecular weight excluding hydrogens is 218 g/mol. The van der Waals surface area contributed by atoms with E-state index in [-0.39, 0.29) is 0 Å². The van der Waals surface area contributed by atoms with Gasteiger partial charge in [0.1, 0.15) is 5.01 Å². The van der Waals surface area contributed by atoms with Crippen LogP contribution in [-0.2, 0) is 0 Å². The Morgan fingerprint density at radius 2 is 2.21 bits per heavy atom. The van der Waals surface area contributed by atoms with Crippen LogP contribution in [0.2, 0.25) is 0 Å². The van der Waals surface area contributed by atoms with Gasteiger partial charge in [-0.2, -0.15) is 0 Å². The van der Waals surface area contributed by atoms with E-state index in [1.807, 2.05) is 6.92 Å². The van der Waals surface area contributed by atoms with Crippen molar-refractivity contribution < 1.29 is 0 Å². The summed E-state index contributed by atoms with van der Waals surface area (Å²) in [4.78, 5) is 2.18. The van der Waals surface area contributed by atoms with Crippen LogP contribution in [0.5, 0.6) is 0 Å². The Kier molecular flexibility index (Phi) is 2.93. The molecule has 1 aromatic rings. The van der Waals surface area contributed by atoms with Crippen LogP contribution < -0.4 is 4.90 Å². The molecule has 1 aromatic heterocycles. The summed E-state index contributed by atoms with van der Waals surface area (Å²) in [5.41, 5.74) is 0. The number of hydrogen-bond acceptors (Lipinski definition) is 4. The first-order valence-electron chi connectivity index (χ1n) is 4.80. The van der Waals surface area contributed by atoms with Crippen LogP contribution in [-0.4, -0.2) is 29.2 Å². The van der Waals surface area contributed by atoms with Crippen LogP contribution in [0.1, 0.15) is 17.8 Å². The Morgan fingerprint density at radius 1 is 1.50 bits per heavy atom. The third kappa shape index (κ3) is 2.17. The lowest BCUT2D eigenvalue weighted by Crippen LogP contribution is -2.34. The van der Waals surface area contributed by atoms with Crippen molar-refractivity contribution in [2.45, 2.75) is 25.1 Å². The summed E-state index contributed by atoms with van der Waals surface area (Å²) in [7, 11) is 2.07. The fraction of sp³-hybridized carbons (Fsp3) is 0.778. The highest BCUT2D eigenvalue weighted by Gasteiger charge is 2.28. The molecule has 0 aliphatic heterocycles. The van der Waals surface area contributed by atoms with Crippen molar-refractivity contribution in [3.63, 3.8) is 0 Å². The van der Waals surface area contributed by atoms with E-state index >= 15 is 0 Å². The number of aryl methyl sites for hydroxylation is 1. The number of anilines is 1. The monoisotopic (exact) mass is 231 g/mol. The van der Waals surface area contributed by atoms with E-state index in [2.05, 4.69) is 22.1 Å². The standard InChI is InChI=1S/C9H14ClN3S/c1-6-11-12-9(14-6)13(2)5-7-3-8(10)4-7/h7-8H,3-5H2,1-2H3. The van der Waals surface area contributed by atoms with Gasteiger partial charge in [0, 0.05) is 19.0 Å². The lowest BCUT2D eigenvalue weighted by molar-refractivity contribution is 0.329. The van der Waals surface area contributed by atoms with Crippen LogP contribution >= 0.6 is 22.9 Å². The Hall–Kier alpha value is -0.350. The molecular formula is C9H14ClN3S. The number of hydrogen-bond donors (Lipinski definition) is 0. The molecule has 0 saturated heterocycles. The summed E-state index contributed by atoms with van der Waals surface area (Å²) in [6.45, 7) is 3.03. The van der Waals surface area contributed by atoms with E-state index in [9.17, 15) is 0 Å². The summed E-state index contributed by atoms with van der Waals surface area (Å²) in [6.07, 6.45) is 2.29. The highest BCUT2D eigenvalue weighted by molar-refractivity contribution is 7.15. The van der Waals surface area contributed by atoms with Gasteiger partial charge in [0.05, 0.1) is 0 Å². The van der Waals surface area contributed by atoms with Gasteiger partial charge in [0.15, 0.2) is 0 Å². The van der Waals surface area contributed by atoms with E-state index in [0.717, 1.165) is 35.4 Å². The average molecular weight is 232 g/mol. The van der Waals surface area contributed by atoms with E-state index in [0.29, 0.717) is 5.38 Å². The fourth-order valence-corrected chi connectivity index (χ4v) is 2.87. The molecule has 0 amide bonds. The summed E-state index contributed by atoms with van der Waals surface area (Å²) >= 11 is 7.58. The Balaban J connectivity index is 1.86. The molecule has 0 atom stereocenters. The summed E-state index contributed by atoms with van der Waals surface area (Å²) in [6, 6.07) is 0. The van der Waals surface area contributed by atoms with Gasteiger partial charge >= 0.3 is 0 Å². The SMILES string of the molecule is Cc1nnc(N(C)CC2CC(Cl)C2)s1. The van der Waals surface area contributed by atoms with E-state index in [1.54, 1.807) is 11.3 Å². The second kappa shape index (κ2) is 4.03. The first kappa shape index (κ1) is 10.2. The third-order valence-corrected chi connectivity index (χ3v) is 3.86. The molecule has 0 N–H and O–H groups in total. The molecule has 0 aromatic carbocycles. The lowest BCUT2D eigenvalue weighted by atomic mass is 9.84. The summed E-state index contributed by atoms with van der Waals surface area (Å²) in [5.74, 6) is 0.742. The number of halogens is 1. The molecule has 1 aliphatic rings. The highest BCUT2D eigenvalue weighted by atomic mass is 35.5. The second-order valence-corrected chi connectivity index (χ2v) is 5.70. The van der Waals surface area contributed by atoms with Crippen LogP contribution in [0.4, 0.5) is 5.13 Å². The maximum absolute atomic E-state index is 5.93. The van der Waals surface area contributed by atoms with Crippen molar-refractivity contribution in [1.82, 2.24) is 10.2 Å². The Bertz CT molecular complexity index is 309. The van der Waals surface area contributed by atoms with E-state index in [1.165, 1.54) is 0 Å². The van der Waals surface area contributed by atoms with Crippen molar-refractivity contribution in [2.24, 2.45) is 5.92 Å². The number of rotatable bonds is 3. The maximum atomic E-state index is 5.93. The van der Waals surface area contributed by atoms with Crippen molar-refractivity contribution in [3.8, 4) is 0 Å². The first-order valence-corrected chi connectivity index (χ1v) is 6.05. The number of alkyl halides is 1. The zero-order valence-corrected chi connectivity index (χ0v) is 9.98. The molecule has 14 heavy (non-hydrogen) atoms. The van der Waals surface area contributed by atoms with Gasteiger partial charge < -0.3 is 4.90 Å². The molecule has 2 rings (SSSR count). The average Bonchev–Trinajstić information content (AvgIpc) is 2.49. The predicted molar refractivity (Wildman–Crippen MR) is 60.3 cm³/mol. The molecule has 0 spiro atoms. The molecule has 0 bridgehead atoms. The van der Waals surface area contributed by atoms with Crippen molar-refractivity contribution in [3.05, 3.63) is 5.01 Å². The maximum Gasteiger partial charge on any atom is 0.208 e. The quantitative estimate of drug-likeness (QED) is 0.748. The minimum absolute atomic E-state index is 0.407. The van der Waals surface area contributed by atoms with Crippen LogP contribution in [0.3, 0.4) is 0 Å². The van der Waals surface area contributed by atoms with Crippen LogP contribution in [0.15, 0.2) is 0 Å². The number of aromatic nitrogens is 2. The van der Waals surface area contributed by atoms with Gasteiger partial charge in [0.2, 0.25) is 5.13 Å². The zero-order chi connectivity index (χ0) is 10.1. The molecule has 5 heteroatoms. The van der Waals surface area contributed by atoms with Crippen LogP contribution in [0.25, 0.3) is 0 Å². The molecule has 3 nitrogen and oxygen atoms in total. The first-order chi connectivity index (χ1) is 6.65. The van der Waals surface area contributed by atoms with Gasteiger partial charge in [-0.3, -0.25) is 0 Å². The Morgan fingerprint density at radius 3 is 2.71 bits per heavy atom. The van der Waals surface area contributed by atoms with E-state index in [4.69, 9.17) is 11.6 Å². The molecule has 78 valence electrons. The fourth-order valence-electron chi connectivity index (χ4n) is 1.71. The van der Waals surface area contributed by atoms with Crippen molar-refractivity contribution in [2.75, 3.05) is 18.5 Å². The molecule has 1 fully saturated rings. The molecule has 1 saturated carbocycles. The van der Waals surface area contributed by atoms with Gasteiger partial charge in [-0.05, 0) is 25.7 Å². The summed E-state index contributed by atoms with van der Waals surface area (Å²) < 4.78 is 0. The zero-order valence-electron chi connectivity index (χ0n) is 8.40. The largest absolute Gasteiger partial charge is 0.349 e. The Labute approximate surface area is 93.1 Å². The van der Waals surface area contributed by atoms with E-state index < -0.39 is 0 Å². The smallest absolute Gasteiger partial charge is 0.208 e. The molecule has 1 aliphatic carbocycles.